The van der Waals surface area contributed by atoms with Crippen LogP contribution in [0, 0.1) is 0 Å². The third-order valence-corrected chi connectivity index (χ3v) is 19.6. The van der Waals surface area contributed by atoms with Gasteiger partial charge in [-0.2, -0.15) is 13.2 Å². The van der Waals surface area contributed by atoms with Crippen LogP contribution in [0.4, 0.5) is 26.3 Å². The molecule has 194 valence electrons. The van der Waals surface area contributed by atoms with Gasteiger partial charge in [-0.1, -0.05) is 47.3 Å². The molecule has 0 aromatic heterocycles. The van der Waals surface area contributed by atoms with E-state index in [4.69, 9.17) is 0 Å². The van der Waals surface area contributed by atoms with Crippen LogP contribution >= 0.6 is 0 Å². The molecule has 2 rings (SSSR count). The Morgan fingerprint density at radius 3 is 1.46 bits per heavy atom. The molecule has 8 heteroatoms. The Morgan fingerprint density at radius 2 is 1.06 bits per heavy atom. The summed E-state index contributed by atoms with van der Waals surface area (Å²) in [5.41, 5.74) is 2.79. The van der Waals surface area contributed by atoms with Gasteiger partial charge < -0.3 is 0 Å². The third kappa shape index (κ3) is 14.7. The van der Waals surface area contributed by atoms with Crippen LogP contribution < -0.4 is 0 Å². The van der Waals surface area contributed by atoms with Crippen molar-refractivity contribution in [3.63, 3.8) is 0 Å². The van der Waals surface area contributed by atoms with Crippen LogP contribution in [0.15, 0.2) is 48.5 Å². The van der Waals surface area contributed by atoms with Crippen molar-refractivity contribution in [2.45, 2.75) is 87.7 Å². The van der Waals surface area contributed by atoms with E-state index in [9.17, 15) is 26.3 Å². The summed E-state index contributed by atoms with van der Waals surface area (Å²) in [5, 5.41) is 1.99. The number of alkyl halides is 6. The van der Waals surface area contributed by atoms with Gasteiger partial charge in [-0.3, -0.25) is 0 Å². The topological polar surface area (TPSA) is 0 Å². The van der Waals surface area contributed by atoms with Gasteiger partial charge >= 0.3 is 128 Å². The van der Waals surface area contributed by atoms with Crippen molar-refractivity contribution in [3.8, 4) is 0 Å². The molecule has 0 aliphatic carbocycles. The van der Waals surface area contributed by atoms with Gasteiger partial charge in [0.05, 0.1) is 6.42 Å². The Balaban J connectivity index is 0.000000355. The predicted molar refractivity (Wildman–Crippen MR) is 138 cm³/mol. The molecule has 0 N–H and O–H groups in total. The predicted octanol–water partition coefficient (Wildman–Crippen LogP) is 9.21. The van der Waals surface area contributed by atoms with Crippen molar-refractivity contribution in [2.75, 3.05) is 0 Å². The average molecular weight is 618 g/mol. The van der Waals surface area contributed by atoms with E-state index in [1.165, 1.54) is 21.2 Å². The quantitative estimate of drug-likeness (QED) is 0.174. The fraction of sp³-hybridized carbons (Fsp3) is 0.556. The molecular weight excluding hydrogens is 580 g/mol. The van der Waals surface area contributed by atoms with Crippen LogP contribution in [-0.2, 0) is 22.3 Å². The Labute approximate surface area is 219 Å². The van der Waals surface area contributed by atoms with Crippen molar-refractivity contribution in [1.82, 2.24) is 0 Å². The van der Waals surface area contributed by atoms with Gasteiger partial charge in [0.15, 0.2) is 0 Å². The van der Waals surface area contributed by atoms with Crippen LogP contribution in [0.3, 0.4) is 0 Å². The molecule has 2 aromatic rings. The minimum atomic E-state index is -4.10. The van der Waals surface area contributed by atoms with Crippen molar-refractivity contribution >= 4 is 35.6 Å². The van der Waals surface area contributed by atoms with E-state index in [1.807, 2.05) is 24.3 Å². The van der Waals surface area contributed by atoms with E-state index in [0.29, 0.717) is 11.1 Å². The van der Waals surface area contributed by atoms with Crippen LogP contribution in [0.25, 0.3) is 0 Å². The van der Waals surface area contributed by atoms with Gasteiger partial charge in [0.2, 0.25) is 0 Å². The smallest absolute Gasteiger partial charge is 0.171 e. The SMILES string of the molecule is CC[CH2][In]([CH2]CC)[CH2]c1ccccc1CC(F)(F)F.C[CH2][Al]([CH3])[CH2]c1ccccc1CC(F)(F)F. The largest absolute Gasteiger partial charge is 0.393 e. The zero-order chi connectivity index (χ0) is 26.5. The molecule has 0 spiro atoms. The maximum Gasteiger partial charge on any atom is 0.393 e. The standard InChI is InChI=1S/2C9H8F3.2C3H7.C2H5.CH3.Al.In/c2*1-7-4-2-3-5-8(7)6-9(10,11)12;2*1-3-2;1-2;;;/h2*2-5H,1,6H2;2*1,3H2,2H3;1H2,2H3;1H3;;. The molecule has 0 atom stereocenters. The van der Waals surface area contributed by atoms with E-state index in [0.717, 1.165) is 25.9 Å². The molecule has 2 aromatic carbocycles. The third-order valence-electron chi connectivity index (χ3n) is 6.19. The van der Waals surface area contributed by atoms with Crippen LogP contribution in [-0.4, -0.2) is 47.9 Å². The molecule has 0 amide bonds. The summed E-state index contributed by atoms with van der Waals surface area (Å²) in [4.78, 5) is 0. The summed E-state index contributed by atoms with van der Waals surface area (Å²) in [6.07, 6.45) is -7.41. The molecule has 0 unspecified atom stereocenters. The van der Waals surface area contributed by atoms with Crippen molar-refractivity contribution in [2.24, 2.45) is 0 Å². The molecule has 0 nitrogen and oxygen atoms in total. The summed E-state index contributed by atoms with van der Waals surface area (Å²) < 4.78 is 78.4. The first-order chi connectivity index (χ1) is 16.4. The fourth-order valence-corrected chi connectivity index (χ4v) is 15.3. The number of hydrogen-bond donors (Lipinski definition) is 0. The second-order valence-corrected chi connectivity index (χ2v) is 22.3. The second kappa shape index (κ2) is 16.3. The monoisotopic (exact) mass is 618 g/mol. The number of halogens is 6. The first-order valence-corrected chi connectivity index (χ1v) is 22.4. The minimum Gasteiger partial charge on any atom is -0.171 e. The van der Waals surface area contributed by atoms with Crippen LogP contribution in [0.1, 0.15) is 55.9 Å². The number of rotatable bonds is 11. The van der Waals surface area contributed by atoms with Gasteiger partial charge in [-0.15, -0.1) is 5.79 Å². The zero-order valence-corrected chi connectivity index (χ0v) is 25.9. The van der Waals surface area contributed by atoms with Crippen molar-refractivity contribution < 1.29 is 26.3 Å². The van der Waals surface area contributed by atoms with E-state index in [2.05, 4.69) is 26.6 Å². The van der Waals surface area contributed by atoms with Gasteiger partial charge in [0.1, 0.15) is 0 Å². The van der Waals surface area contributed by atoms with Crippen LogP contribution in [0.2, 0.25) is 19.4 Å². The van der Waals surface area contributed by atoms with E-state index >= 15 is 0 Å². The second-order valence-electron chi connectivity index (χ2n) is 9.49. The van der Waals surface area contributed by atoms with Gasteiger partial charge in [-0.25, -0.2) is 0 Å². The van der Waals surface area contributed by atoms with E-state index in [1.54, 1.807) is 24.3 Å². The van der Waals surface area contributed by atoms with Gasteiger partial charge in [-0.05, 0) is 5.56 Å². The first-order valence-electron chi connectivity index (χ1n) is 12.6. The maximum absolute atomic E-state index is 12.6. The van der Waals surface area contributed by atoms with E-state index < -0.39 is 60.8 Å². The molecule has 0 fully saturated rings. The first kappa shape index (κ1) is 32.5. The Morgan fingerprint density at radius 1 is 0.657 bits per heavy atom. The van der Waals surface area contributed by atoms with Crippen LogP contribution in [0.5, 0.6) is 0 Å². The molecule has 35 heavy (non-hydrogen) atoms. The molecular formula is C27H38AlF6In. The summed E-state index contributed by atoms with van der Waals surface area (Å²) in [6, 6.07) is 14.1. The zero-order valence-electron chi connectivity index (χ0n) is 21.4. The summed E-state index contributed by atoms with van der Waals surface area (Å²) in [7, 11) is 0. The molecule has 0 bridgehead atoms. The fourth-order valence-electron chi connectivity index (χ4n) is 4.29. The number of hydrogen-bond acceptors (Lipinski definition) is 0. The van der Waals surface area contributed by atoms with E-state index in [-0.39, 0.29) is 0 Å². The summed E-state index contributed by atoms with van der Waals surface area (Å²) >= 11 is -2.53. The number of benzene rings is 2. The Bertz CT molecular complexity index is 844. The Hall–Kier alpha value is -0.577. The molecule has 0 saturated carbocycles. The summed E-state index contributed by atoms with van der Waals surface area (Å²) in [5.74, 6) is 2.20. The normalized spacial score (nSPS) is 11.6. The average Bonchev–Trinajstić information content (AvgIpc) is 2.75. The van der Waals surface area contributed by atoms with Crippen molar-refractivity contribution in [1.29, 1.82) is 0 Å². The molecule has 0 radical (unpaired) electrons. The molecule has 0 saturated heterocycles. The molecule has 0 aliphatic rings. The Kier molecular flexibility index (Phi) is 15.1. The van der Waals surface area contributed by atoms with Gasteiger partial charge in [0.25, 0.3) is 14.1 Å². The molecule has 0 aliphatic heterocycles. The minimum absolute atomic E-state index is 0.447. The van der Waals surface area contributed by atoms with Gasteiger partial charge in [0, 0.05) is 0 Å². The molecule has 0 heterocycles. The maximum atomic E-state index is 12.6. The summed E-state index contributed by atoms with van der Waals surface area (Å²) in [6.45, 7) is 6.48. The van der Waals surface area contributed by atoms with Crippen molar-refractivity contribution in [3.05, 3.63) is 70.8 Å².